The number of benzene rings is 2. The largest absolute Gasteiger partial charge is 0.494 e. The number of imidazole rings is 1. The van der Waals surface area contributed by atoms with Crippen LogP contribution in [0.2, 0.25) is 0 Å². The third kappa shape index (κ3) is 5.75. The monoisotopic (exact) mass is 536 g/mol. The number of anilines is 3. The average Bonchev–Trinajstić information content (AvgIpc) is 3.23. The van der Waals surface area contributed by atoms with Gasteiger partial charge >= 0.3 is 0 Å². The van der Waals surface area contributed by atoms with Crippen LogP contribution in [-0.2, 0) is 0 Å². The van der Waals surface area contributed by atoms with Crippen molar-refractivity contribution in [2.45, 2.75) is 26.8 Å². The van der Waals surface area contributed by atoms with Crippen LogP contribution in [0.25, 0.3) is 22.3 Å². The molecule has 0 saturated carbocycles. The molecule has 2 aromatic heterocycles. The molecule has 11 nitrogen and oxygen atoms in total. The van der Waals surface area contributed by atoms with Gasteiger partial charge in [-0.15, -0.1) is 0 Å². The van der Waals surface area contributed by atoms with Gasteiger partial charge in [-0.05, 0) is 53.1 Å². The standard InChI is InChI=1S/C27H33FN8O3/c1-16(2)35-17(3)30-26-19(28)12-18(13-24(26)35)20-8-9-29-27(31-20)32-21-14-23(36(37)38)22(15-25(21)39-7)34(6)11-10-33(4)5/h8-9,12-16H,10-11H2,1-7H3,(H,29,31,32). The summed E-state index contributed by atoms with van der Waals surface area (Å²) in [5.74, 6) is 0.864. The first-order valence-electron chi connectivity index (χ1n) is 12.5. The van der Waals surface area contributed by atoms with E-state index in [0.717, 1.165) is 12.4 Å². The van der Waals surface area contributed by atoms with Crippen LogP contribution in [0.3, 0.4) is 0 Å². The number of rotatable bonds is 10. The van der Waals surface area contributed by atoms with E-state index in [0.29, 0.717) is 46.0 Å². The zero-order valence-electron chi connectivity index (χ0n) is 23.2. The van der Waals surface area contributed by atoms with Crippen molar-refractivity contribution in [1.29, 1.82) is 0 Å². The molecule has 206 valence electrons. The Balaban J connectivity index is 1.71. The SMILES string of the molecule is COc1cc(N(C)CCN(C)C)c([N+](=O)[O-])cc1Nc1nccc(-c2cc(F)c3nc(C)n(C(C)C)c3c2)n1. The van der Waals surface area contributed by atoms with Gasteiger partial charge in [0.15, 0.2) is 5.82 Å². The Hall–Kier alpha value is -4.32. The van der Waals surface area contributed by atoms with Gasteiger partial charge in [0.25, 0.3) is 5.69 Å². The Labute approximate surface area is 226 Å². The van der Waals surface area contributed by atoms with E-state index in [-0.39, 0.29) is 17.7 Å². The molecular formula is C27H33FN8O3. The summed E-state index contributed by atoms with van der Waals surface area (Å²) in [7, 11) is 7.17. The molecule has 0 amide bonds. The molecule has 0 saturated heterocycles. The second-order valence-electron chi connectivity index (χ2n) is 9.86. The zero-order chi connectivity index (χ0) is 28.4. The first-order valence-corrected chi connectivity index (χ1v) is 12.5. The Morgan fingerprint density at radius 2 is 1.90 bits per heavy atom. The molecule has 0 aliphatic rings. The number of nitrogens with zero attached hydrogens (tertiary/aromatic N) is 7. The average molecular weight is 537 g/mol. The third-order valence-electron chi connectivity index (χ3n) is 6.43. The predicted octanol–water partition coefficient (Wildman–Crippen LogP) is 5.18. The number of aromatic nitrogens is 4. The fourth-order valence-corrected chi connectivity index (χ4v) is 4.52. The summed E-state index contributed by atoms with van der Waals surface area (Å²) in [5, 5.41) is 15.0. The quantitative estimate of drug-likeness (QED) is 0.216. The molecule has 0 aliphatic heterocycles. The molecule has 0 atom stereocenters. The Kier molecular flexibility index (Phi) is 7.95. The van der Waals surface area contributed by atoms with E-state index in [1.807, 2.05) is 55.3 Å². The highest BCUT2D eigenvalue weighted by Gasteiger charge is 2.23. The summed E-state index contributed by atoms with van der Waals surface area (Å²) in [5.41, 5.74) is 2.71. The molecule has 39 heavy (non-hydrogen) atoms. The van der Waals surface area contributed by atoms with Crippen molar-refractivity contribution in [2.75, 3.05) is 51.6 Å². The molecule has 12 heteroatoms. The molecule has 0 radical (unpaired) electrons. The van der Waals surface area contributed by atoms with Crippen molar-refractivity contribution in [3.63, 3.8) is 0 Å². The first-order chi connectivity index (χ1) is 18.5. The van der Waals surface area contributed by atoms with Crippen molar-refractivity contribution in [2.24, 2.45) is 0 Å². The Bertz CT molecular complexity index is 1520. The number of aryl methyl sites for hydroxylation is 1. The molecule has 0 unspecified atom stereocenters. The molecule has 0 bridgehead atoms. The lowest BCUT2D eigenvalue weighted by atomic mass is 10.1. The number of hydrogen-bond acceptors (Lipinski definition) is 9. The second-order valence-corrected chi connectivity index (χ2v) is 9.86. The number of fused-ring (bicyclic) bond motifs is 1. The number of halogens is 1. The van der Waals surface area contributed by atoms with Crippen LogP contribution in [-0.4, -0.2) is 70.7 Å². The van der Waals surface area contributed by atoms with E-state index in [1.165, 1.54) is 19.2 Å². The van der Waals surface area contributed by atoms with E-state index in [4.69, 9.17) is 4.74 Å². The van der Waals surface area contributed by atoms with Crippen molar-refractivity contribution in [3.05, 3.63) is 58.3 Å². The van der Waals surface area contributed by atoms with Crippen LogP contribution < -0.4 is 15.0 Å². The molecule has 4 rings (SSSR count). The van der Waals surface area contributed by atoms with Crippen LogP contribution >= 0.6 is 0 Å². The summed E-state index contributed by atoms with van der Waals surface area (Å²) in [6.45, 7) is 7.20. The van der Waals surface area contributed by atoms with Gasteiger partial charge < -0.3 is 24.4 Å². The minimum absolute atomic E-state index is 0.0828. The number of nitro benzene ring substituents is 1. The highest BCUT2D eigenvalue weighted by Crippen LogP contribution is 2.39. The minimum Gasteiger partial charge on any atom is -0.494 e. The topological polar surface area (TPSA) is 114 Å². The molecule has 0 aliphatic carbocycles. The number of hydrogen-bond donors (Lipinski definition) is 1. The van der Waals surface area contributed by atoms with Crippen LogP contribution in [0.4, 0.5) is 27.4 Å². The lowest BCUT2D eigenvalue weighted by Gasteiger charge is -2.22. The third-order valence-corrected chi connectivity index (χ3v) is 6.43. The van der Waals surface area contributed by atoms with E-state index >= 15 is 4.39 Å². The molecule has 0 spiro atoms. The van der Waals surface area contributed by atoms with Gasteiger partial charge in [0.1, 0.15) is 22.8 Å². The van der Waals surface area contributed by atoms with Gasteiger partial charge in [0.2, 0.25) is 5.95 Å². The molecular weight excluding hydrogens is 503 g/mol. The van der Waals surface area contributed by atoms with Gasteiger partial charge in [0, 0.05) is 50.1 Å². The van der Waals surface area contributed by atoms with E-state index in [2.05, 4.69) is 20.3 Å². The number of likely N-dealkylation sites (N-methyl/N-ethyl adjacent to an activating group) is 2. The number of nitro groups is 1. The number of methoxy groups -OCH3 is 1. The lowest BCUT2D eigenvalue weighted by Crippen LogP contribution is -2.28. The number of nitrogens with one attached hydrogen (secondary N) is 1. The summed E-state index contributed by atoms with van der Waals surface area (Å²) in [4.78, 5) is 28.6. The Morgan fingerprint density at radius 3 is 2.54 bits per heavy atom. The highest BCUT2D eigenvalue weighted by atomic mass is 19.1. The minimum atomic E-state index is -0.440. The molecule has 4 aromatic rings. The fourth-order valence-electron chi connectivity index (χ4n) is 4.52. The van der Waals surface area contributed by atoms with Crippen LogP contribution in [0, 0.1) is 22.9 Å². The normalized spacial score (nSPS) is 11.4. The molecule has 2 aromatic carbocycles. The fraction of sp³-hybridized carbons (Fsp3) is 0.370. The van der Waals surface area contributed by atoms with Gasteiger partial charge in [-0.1, -0.05) is 0 Å². The zero-order valence-corrected chi connectivity index (χ0v) is 23.2. The smallest absolute Gasteiger partial charge is 0.294 e. The number of ether oxygens (including phenoxy) is 1. The van der Waals surface area contributed by atoms with Gasteiger partial charge in [-0.2, -0.15) is 0 Å². The summed E-state index contributed by atoms with van der Waals surface area (Å²) in [6, 6.07) is 8.06. The summed E-state index contributed by atoms with van der Waals surface area (Å²) >= 11 is 0. The van der Waals surface area contributed by atoms with Crippen molar-refractivity contribution in [3.8, 4) is 17.0 Å². The van der Waals surface area contributed by atoms with E-state index in [1.54, 1.807) is 25.4 Å². The summed E-state index contributed by atoms with van der Waals surface area (Å²) < 4.78 is 22.6. The van der Waals surface area contributed by atoms with Crippen LogP contribution in [0.5, 0.6) is 5.75 Å². The van der Waals surface area contributed by atoms with Gasteiger partial charge in [-0.3, -0.25) is 10.1 Å². The predicted molar refractivity (Wildman–Crippen MR) is 151 cm³/mol. The van der Waals surface area contributed by atoms with E-state index in [9.17, 15) is 10.1 Å². The maximum Gasteiger partial charge on any atom is 0.294 e. The molecule has 0 fully saturated rings. The Morgan fingerprint density at radius 1 is 1.15 bits per heavy atom. The van der Waals surface area contributed by atoms with Gasteiger partial charge in [0.05, 0.1) is 28.9 Å². The first kappa shape index (κ1) is 27.7. The van der Waals surface area contributed by atoms with E-state index < -0.39 is 10.7 Å². The summed E-state index contributed by atoms with van der Waals surface area (Å²) in [6.07, 6.45) is 1.54. The maximum absolute atomic E-state index is 15.0. The van der Waals surface area contributed by atoms with Crippen LogP contribution in [0.15, 0.2) is 36.5 Å². The van der Waals surface area contributed by atoms with Crippen molar-refractivity contribution in [1.82, 2.24) is 24.4 Å². The van der Waals surface area contributed by atoms with Crippen molar-refractivity contribution >= 4 is 34.0 Å². The highest BCUT2D eigenvalue weighted by molar-refractivity contribution is 5.83. The van der Waals surface area contributed by atoms with Gasteiger partial charge in [-0.25, -0.2) is 19.3 Å². The lowest BCUT2D eigenvalue weighted by molar-refractivity contribution is -0.384. The molecule has 2 heterocycles. The van der Waals surface area contributed by atoms with Crippen LogP contribution in [0.1, 0.15) is 25.7 Å². The second kappa shape index (κ2) is 11.2. The maximum atomic E-state index is 15.0. The molecule has 1 N–H and O–H groups in total. The van der Waals surface area contributed by atoms with Crippen molar-refractivity contribution < 1.29 is 14.1 Å².